The third kappa shape index (κ3) is 3.22. The summed E-state index contributed by atoms with van der Waals surface area (Å²) in [6.45, 7) is 1.63. The number of benzene rings is 1. The summed E-state index contributed by atoms with van der Waals surface area (Å²) in [5.74, 6) is -7.52. The van der Waals surface area contributed by atoms with Gasteiger partial charge in [0.2, 0.25) is 10.0 Å². The van der Waals surface area contributed by atoms with E-state index in [1.807, 2.05) is 0 Å². The topological polar surface area (TPSA) is 63.4 Å². The SMILES string of the molecule is CC(N)C1CCN(S(=O)(=O)c2c(F)c(F)cc(F)c2F)C1.Cl. The van der Waals surface area contributed by atoms with Gasteiger partial charge in [-0.05, 0) is 19.3 Å². The van der Waals surface area contributed by atoms with Crippen molar-refractivity contribution in [3.8, 4) is 0 Å². The Bertz CT molecular complexity index is 643. The number of hydrogen-bond donors (Lipinski definition) is 1. The van der Waals surface area contributed by atoms with Gasteiger partial charge in [0.25, 0.3) is 0 Å². The molecule has 2 N–H and O–H groups in total. The Morgan fingerprint density at radius 3 is 2.14 bits per heavy atom. The molecule has 0 aromatic heterocycles. The van der Waals surface area contributed by atoms with Crippen LogP contribution in [0.3, 0.4) is 0 Å². The van der Waals surface area contributed by atoms with Gasteiger partial charge in [0.1, 0.15) is 0 Å². The molecule has 1 saturated heterocycles. The molecular formula is C12H15ClF4N2O2S. The fourth-order valence-electron chi connectivity index (χ4n) is 2.31. The minimum atomic E-state index is -4.66. The molecule has 10 heteroatoms. The van der Waals surface area contributed by atoms with Crippen molar-refractivity contribution in [2.24, 2.45) is 11.7 Å². The number of nitrogens with two attached hydrogens (primary N) is 1. The lowest BCUT2D eigenvalue weighted by Crippen LogP contribution is -2.34. The first kappa shape index (κ1) is 19.1. The Morgan fingerprint density at radius 2 is 1.73 bits per heavy atom. The molecule has 1 aromatic carbocycles. The molecule has 0 saturated carbocycles. The summed E-state index contributed by atoms with van der Waals surface area (Å²) in [5.41, 5.74) is 5.66. The maximum Gasteiger partial charge on any atom is 0.249 e. The van der Waals surface area contributed by atoms with Crippen molar-refractivity contribution < 1.29 is 26.0 Å². The van der Waals surface area contributed by atoms with Crippen LogP contribution in [0, 0.1) is 29.2 Å². The van der Waals surface area contributed by atoms with Crippen LogP contribution in [0.5, 0.6) is 0 Å². The van der Waals surface area contributed by atoms with Crippen molar-refractivity contribution in [3.05, 3.63) is 29.3 Å². The van der Waals surface area contributed by atoms with Crippen molar-refractivity contribution in [3.63, 3.8) is 0 Å². The van der Waals surface area contributed by atoms with E-state index in [0.717, 1.165) is 4.31 Å². The smallest absolute Gasteiger partial charge is 0.249 e. The summed E-state index contributed by atoms with van der Waals surface area (Å²) in [6, 6.07) is -0.331. The molecule has 0 radical (unpaired) electrons. The van der Waals surface area contributed by atoms with Gasteiger partial charge in [0.05, 0.1) is 0 Å². The third-order valence-electron chi connectivity index (χ3n) is 3.60. The van der Waals surface area contributed by atoms with Crippen LogP contribution in [-0.2, 0) is 10.0 Å². The van der Waals surface area contributed by atoms with E-state index >= 15 is 0 Å². The van der Waals surface area contributed by atoms with Crippen molar-refractivity contribution in [1.82, 2.24) is 4.31 Å². The molecule has 22 heavy (non-hydrogen) atoms. The maximum atomic E-state index is 13.6. The fraction of sp³-hybridized carbons (Fsp3) is 0.500. The molecule has 1 heterocycles. The largest absolute Gasteiger partial charge is 0.328 e. The highest BCUT2D eigenvalue weighted by Gasteiger charge is 2.39. The molecule has 0 bridgehead atoms. The van der Waals surface area contributed by atoms with Crippen LogP contribution < -0.4 is 5.73 Å². The Labute approximate surface area is 131 Å². The average Bonchev–Trinajstić information content (AvgIpc) is 2.87. The molecule has 1 aromatic rings. The molecule has 0 spiro atoms. The van der Waals surface area contributed by atoms with Gasteiger partial charge in [-0.25, -0.2) is 26.0 Å². The molecule has 1 fully saturated rings. The lowest BCUT2D eigenvalue weighted by molar-refractivity contribution is 0.397. The van der Waals surface area contributed by atoms with E-state index in [0.29, 0.717) is 6.42 Å². The lowest BCUT2D eigenvalue weighted by atomic mass is 10.0. The first-order chi connectivity index (χ1) is 9.66. The van der Waals surface area contributed by atoms with E-state index in [1.165, 1.54) is 0 Å². The molecule has 2 rings (SSSR count). The molecule has 1 aliphatic rings. The summed E-state index contributed by atoms with van der Waals surface area (Å²) < 4.78 is 78.8. The predicted molar refractivity (Wildman–Crippen MR) is 74.0 cm³/mol. The molecule has 0 aliphatic carbocycles. The maximum absolute atomic E-state index is 13.6. The van der Waals surface area contributed by atoms with Crippen molar-refractivity contribution in [1.29, 1.82) is 0 Å². The Morgan fingerprint density at radius 1 is 1.23 bits per heavy atom. The lowest BCUT2D eigenvalue weighted by Gasteiger charge is -2.19. The van der Waals surface area contributed by atoms with Gasteiger partial charge in [-0.1, -0.05) is 0 Å². The van der Waals surface area contributed by atoms with Crippen LogP contribution in [-0.4, -0.2) is 31.9 Å². The van der Waals surface area contributed by atoms with E-state index in [-0.39, 0.29) is 43.5 Å². The molecular weight excluding hydrogens is 348 g/mol. The summed E-state index contributed by atoms with van der Waals surface area (Å²) in [7, 11) is -4.66. The summed E-state index contributed by atoms with van der Waals surface area (Å²) in [5, 5.41) is 0. The summed E-state index contributed by atoms with van der Waals surface area (Å²) in [6.07, 6.45) is 0.415. The van der Waals surface area contributed by atoms with Crippen LogP contribution in [0.4, 0.5) is 17.6 Å². The zero-order chi connectivity index (χ0) is 15.9. The Hall–Kier alpha value is -0.900. The van der Waals surface area contributed by atoms with Gasteiger partial charge in [0.15, 0.2) is 28.2 Å². The quantitative estimate of drug-likeness (QED) is 0.661. The van der Waals surface area contributed by atoms with Crippen molar-refractivity contribution in [2.75, 3.05) is 13.1 Å². The monoisotopic (exact) mass is 362 g/mol. The molecule has 0 amide bonds. The van der Waals surface area contributed by atoms with E-state index < -0.39 is 38.2 Å². The standard InChI is InChI=1S/C12H14F4N2O2S.ClH/c1-6(17)7-2-3-18(5-7)21(19,20)12-10(15)8(13)4-9(14)11(12)16;/h4,6-7H,2-3,5,17H2,1H3;1H. The second-order valence-corrected chi connectivity index (χ2v) is 6.94. The van der Waals surface area contributed by atoms with Crippen LogP contribution >= 0.6 is 12.4 Å². The van der Waals surface area contributed by atoms with Crippen LogP contribution in [0.1, 0.15) is 13.3 Å². The van der Waals surface area contributed by atoms with Gasteiger partial charge in [0, 0.05) is 25.2 Å². The molecule has 126 valence electrons. The molecule has 4 nitrogen and oxygen atoms in total. The molecule has 2 atom stereocenters. The first-order valence-electron chi connectivity index (χ1n) is 6.25. The number of halogens is 5. The van der Waals surface area contributed by atoms with E-state index in [9.17, 15) is 26.0 Å². The fourth-order valence-corrected chi connectivity index (χ4v) is 3.95. The normalized spacial score (nSPS) is 20.7. The van der Waals surface area contributed by atoms with E-state index in [1.54, 1.807) is 6.92 Å². The molecule has 1 aliphatic heterocycles. The zero-order valence-electron chi connectivity index (χ0n) is 11.5. The minimum absolute atomic E-state index is 0. The third-order valence-corrected chi connectivity index (χ3v) is 5.49. The van der Waals surface area contributed by atoms with Gasteiger partial charge in [-0.2, -0.15) is 4.31 Å². The molecule has 2 unspecified atom stereocenters. The van der Waals surface area contributed by atoms with Crippen LogP contribution in [0.2, 0.25) is 0 Å². The van der Waals surface area contributed by atoms with Gasteiger partial charge < -0.3 is 5.73 Å². The van der Waals surface area contributed by atoms with Crippen LogP contribution in [0.15, 0.2) is 11.0 Å². The Kier molecular flexibility index (Phi) is 5.82. The van der Waals surface area contributed by atoms with E-state index in [2.05, 4.69) is 0 Å². The van der Waals surface area contributed by atoms with Gasteiger partial charge in [-0.3, -0.25) is 0 Å². The number of hydrogen-bond acceptors (Lipinski definition) is 3. The van der Waals surface area contributed by atoms with Crippen LogP contribution in [0.25, 0.3) is 0 Å². The zero-order valence-corrected chi connectivity index (χ0v) is 13.2. The van der Waals surface area contributed by atoms with Gasteiger partial charge >= 0.3 is 0 Å². The second kappa shape index (κ2) is 6.69. The van der Waals surface area contributed by atoms with Gasteiger partial charge in [-0.15, -0.1) is 12.4 Å². The highest BCUT2D eigenvalue weighted by molar-refractivity contribution is 7.89. The predicted octanol–water partition coefficient (Wildman–Crippen LogP) is 2.02. The second-order valence-electron chi connectivity index (χ2n) is 5.07. The first-order valence-corrected chi connectivity index (χ1v) is 7.69. The Balaban J connectivity index is 0.00000242. The minimum Gasteiger partial charge on any atom is -0.328 e. The highest BCUT2D eigenvalue weighted by atomic mass is 35.5. The number of rotatable bonds is 3. The number of sulfonamides is 1. The summed E-state index contributed by atoms with van der Waals surface area (Å²) >= 11 is 0. The van der Waals surface area contributed by atoms with Crippen molar-refractivity contribution in [2.45, 2.75) is 24.3 Å². The highest BCUT2D eigenvalue weighted by Crippen LogP contribution is 2.30. The summed E-state index contributed by atoms with van der Waals surface area (Å²) in [4.78, 5) is -1.59. The van der Waals surface area contributed by atoms with Crippen molar-refractivity contribution >= 4 is 22.4 Å². The van der Waals surface area contributed by atoms with E-state index in [4.69, 9.17) is 5.73 Å². The average molecular weight is 363 g/mol. The number of nitrogens with zero attached hydrogens (tertiary/aromatic N) is 1.